The number of benzene rings is 1. The molecule has 13 heteroatoms. The molecule has 0 amide bonds. The number of piperidine rings is 1. The molecule has 4 radical (unpaired) electrons. The van der Waals surface area contributed by atoms with Crippen molar-refractivity contribution in [1.29, 1.82) is 0 Å². The molecule has 0 unspecified atom stereocenters. The second-order valence-electron chi connectivity index (χ2n) is 8.66. The summed E-state index contributed by atoms with van der Waals surface area (Å²) >= 11 is 6.40. The van der Waals surface area contributed by atoms with E-state index in [9.17, 15) is 8.42 Å². The summed E-state index contributed by atoms with van der Waals surface area (Å²) in [6, 6.07) is 11.7. The first kappa shape index (κ1) is 23.3. The van der Waals surface area contributed by atoms with Crippen LogP contribution < -0.4 is 9.47 Å². The van der Waals surface area contributed by atoms with E-state index in [1.54, 1.807) is 18.5 Å². The van der Waals surface area contributed by atoms with Crippen LogP contribution in [0.5, 0.6) is 11.5 Å². The van der Waals surface area contributed by atoms with Crippen LogP contribution in [0.4, 0.5) is 0 Å². The van der Waals surface area contributed by atoms with Gasteiger partial charge in [-0.05, 0) is 49.2 Å². The largest absolute Gasteiger partial charge is 0.468 e. The molecule has 9 nitrogen and oxygen atoms in total. The van der Waals surface area contributed by atoms with Crippen LogP contribution >= 0.6 is 11.6 Å². The molecule has 0 bridgehead atoms. The Morgan fingerprint density at radius 1 is 1.00 bits per heavy atom. The van der Waals surface area contributed by atoms with Gasteiger partial charge in [0.2, 0.25) is 10.0 Å². The van der Waals surface area contributed by atoms with Gasteiger partial charge in [-0.15, -0.1) is 0 Å². The van der Waals surface area contributed by atoms with Crippen molar-refractivity contribution < 1.29 is 17.9 Å². The van der Waals surface area contributed by atoms with Crippen molar-refractivity contribution in [3.8, 4) is 22.9 Å². The third-order valence-corrected chi connectivity index (χ3v) is 8.53. The lowest BCUT2D eigenvalue weighted by molar-refractivity contribution is 0.0833. The van der Waals surface area contributed by atoms with Crippen molar-refractivity contribution in [2.75, 3.05) is 13.1 Å². The summed E-state index contributed by atoms with van der Waals surface area (Å²) in [6.07, 6.45) is 4.46. The first-order valence-corrected chi connectivity index (χ1v) is 13.1. The van der Waals surface area contributed by atoms with Crippen molar-refractivity contribution in [3.63, 3.8) is 0 Å². The Kier molecular flexibility index (Phi) is 5.51. The molecule has 1 saturated heterocycles. The minimum absolute atomic E-state index is 0.0329. The number of sulfonamides is 1. The molecule has 0 saturated carbocycles. The van der Waals surface area contributed by atoms with Gasteiger partial charge in [0.15, 0.2) is 38.4 Å². The second-order valence-corrected chi connectivity index (χ2v) is 11.0. The summed E-state index contributed by atoms with van der Waals surface area (Å²) in [4.78, 5) is 13.6. The summed E-state index contributed by atoms with van der Waals surface area (Å²) < 4.78 is 40.9. The summed E-state index contributed by atoms with van der Waals surface area (Å²) in [5.41, 5.74) is 0.332. The Morgan fingerprint density at radius 2 is 1.72 bits per heavy atom. The summed E-state index contributed by atoms with van der Waals surface area (Å²) in [7, 11) is 7.51. The lowest BCUT2D eigenvalue weighted by atomic mass is 9.76. The lowest BCUT2D eigenvalue weighted by Crippen LogP contribution is -2.39. The molecular formula is C23H18B2ClN5O4S. The molecule has 4 aromatic rings. The van der Waals surface area contributed by atoms with Crippen LogP contribution in [0.3, 0.4) is 0 Å². The van der Waals surface area contributed by atoms with Gasteiger partial charge < -0.3 is 14.0 Å². The minimum Gasteiger partial charge on any atom is -0.468 e. The van der Waals surface area contributed by atoms with E-state index in [2.05, 4.69) is 9.97 Å². The van der Waals surface area contributed by atoms with Gasteiger partial charge in [-0.1, -0.05) is 11.6 Å². The molecule has 36 heavy (non-hydrogen) atoms. The monoisotopic (exact) mass is 517 g/mol. The number of hydrogen-bond donors (Lipinski definition) is 0. The van der Waals surface area contributed by atoms with Crippen LogP contribution in [0.15, 0.2) is 59.8 Å². The van der Waals surface area contributed by atoms with Crippen LogP contribution in [-0.2, 0) is 10.0 Å². The number of nitrogens with zero attached hydrogens (tertiary/aromatic N) is 5. The van der Waals surface area contributed by atoms with Crippen molar-refractivity contribution >= 4 is 48.5 Å². The summed E-state index contributed by atoms with van der Waals surface area (Å²) in [5, 5.41) is 0.343. The highest BCUT2D eigenvalue weighted by Gasteiger charge is 2.35. The third-order valence-electron chi connectivity index (χ3n) is 6.33. The molecule has 1 fully saturated rings. The van der Waals surface area contributed by atoms with Crippen LogP contribution in [0.1, 0.15) is 18.9 Å². The number of imidazole rings is 1. The molecule has 0 spiro atoms. The lowest BCUT2D eigenvalue weighted by Gasteiger charge is -2.32. The fourth-order valence-corrected chi connectivity index (χ4v) is 6.38. The van der Waals surface area contributed by atoms with Crippen molar-refractivity contribution in [2.24, 2.45) is 0 Å². The van der Waals surface area contributed by atoms with E-state index in [0.29, 0.717) is 48.2 Å². The van der Waals surface area contributed by atoms with Crippen LogP contribution in [0.2, 0.25) is 5.15 Å². The van der Waals surface area contributed by atoms with Gasteiger partial charge in [-0.2, -0.15) is 4.31 Å². The van der Waals surface area contributed by atoms with Crippen LogP contribution in [0.25, 0.3) is 22.6 Å². The highest BCUT2D eigenvalue weighted by Crippen LogP contribution is 2.40. The highest BCUT2D eigenvalue weighted by molar-refractivity contribution is 7.89. The smallest absolute Gasteiger partial charge is 0.243 e. The number of pyridine rings is 2. The van der Waals surface area contributed by atoms with Gasteiger partial charge >= 0.3 is 0 Å². The number of rotatable bonds is 4. The number of aromatic nitrogens is 4. The van der Waals surface area contributed by atoms with Gasteiger partial charge in [0.1, 0.15) is 16.5 Å². The predicted octanol–water partition coefficient (Wildman–Crippen LogP) is 2.89. The molecule has 0 atom stereocenters. The Hall–Kier alpha value is -3.08. The average molecular weight is 518 g/mol. The fourth-order valence-electron chi connectivity index (χ4n) is 4.69. The zero-order valence-corrected chi connectivity index (χ0v) is 20.5. The van der Waals surface area contributed by atoms with Gasteiger partial charge in [0, 0.05) is 37.6 Å². The maximum atomic E-state index is 13.4. The first-order valence-electron chi connectivity index (χ1n) is 11.3. The third kappa shape index (κ3) is 3.93. The Bertz CT molecular complexity index is 1590. The van der Waals surface area contributed by atoms with E-state index in [1.807, 2.05) is 22.8 Å². The predicted molar refractivity (Wildman–Crippen MR) is 135 cm³/mol. The number of hydrogen-bond acceptors (Lipinski definition) is 7. The van der Waals surface area contributed by atoms with E-state index in [-0.39, 0.29) is 16.7 Å². The zero-order chi connectivity index (χ0) is 25.1. The highest BCUT2D eigenvalue weighted by atomic mass is 35.5. The van der Waals surface area contributed by atoms with Gasteiger partial charge in [-0.3, -0.25) is 0 Å². The Labute approximate surface area is 215 Å². The van der Waals surface area contributed by atoms with E-state index >= 15 is 0 Å². The van der Waals surface area contributed by atoms with E-state index < -0.39 is 15.6 Å². The number of fused-ring (bicyclic) bond motifs is 2. The molecule has 178 valence electrons. The maximum absolute atomic E-state index is 13.4. The van der Waals surface area contributed by atoms with E-state index in [4.69, 9.17) is 41.8 Å². The normalized spacial score (nSPS) is 18.0. The molecule has 5 heterocycles. The van der Waals surface area contributed by atoms with Gasteiger partial charge in [0.05, 0.1) is 10.5 Å². The Morgan fingerprint density at radius 3 is 2.50 bits per heavy atom. The molecule has 0 N–H and O–H groups in total. The summed E-state index contributed by atoms with van der Waals surface area (Å²) in [6.45, 7) is 0.623. The van der Waals surface area contributed by atoms with Gasteiger partial charge in [-0.25, -0.2) is 23.4 Å². The first-order chi connectivity index (χ1) is 17.2. The minimum atomic E-state index is -3.78. The molecule has 3 aromatic heterocycles. The summed E-state index contributed by atoms with van der Waals surface area (Å²) in [5.74, 6) is 1.13. The van der Waals surface area contributed by atoms with Crippen molar-refractivity contribution in [2.45, 2.75) is 29.4 Å². The standard InChI is InChI=1S/C23H18B2ClN5O4S/c24-23(25)34-18-6-5-15(13-19(18)35-23)36(32,33)30-11-7-14(8-12-30)31-21(16-3-1-9-27-20(16)26)29-17-4-2-10-28-22(17)31/h1-6,9-10,13-14H,7-8,11-12H2. The maximum Gasteiger partial charge on any atom is 0.243 e. The van der Waals surface area contributed by atoms with Crippen molar-refractivity contribution in [3.05, 3.63) is 60.0 Å². The molecule has 1 aromatic carbocycles. The molecule has 6 rings (SSSR count). The van der Waals surface area contributed by atoms with Crippen LogP contribution in [-0.4, -0.2) is 66.6 Å². The second kappa shape index (κ2) is 8.50. The topological polar surface area (TPSA) is 99.4 Å². The van der Waals surface area contributed by atoms with Crippen molar-refractivity contribution in [1.82, 2.24) is 23.8 Å². The molecular weight excluding hydrogens is 499 g/mol. The number of halogens is 1. The van der Waals surface area contributed by atoms with Gasteiger partial charge in [0.25, 0.3) is 0 Å². The SMILES string of the molecule is [B]C1([B])Oc2ccc(S(=O)(=O)N3CCC(n4c(-c5cccnc5Cl)nc5cccnc54)CC3)cc2O1. The molecule has 2 aliphatic heterocycles. The molecule has 2 aliphatic rings. The van der Waals surface area contributed by atoms with E-state index in [0.717, 1.165) is 11.2 Å². The fraction of sp³-hybridized carbons (Fsp3) is 0.261. The zero-order valence-electron chi connectivity index (χ0n) is 18.9. The van der Waals surface area contributed by atoms with E-state index in [1.165, 1.54) is 22.5 Å². The number of ether oxygens (including phenoxy) is 2. The Balaban J connectivity index is 1.29. The average Bonchev–Trinajstić information content (AvgIpc) is 3.39. The quantitative estimate of drug-likeness (QED) is 0.303. The van der Waals surface area contributed by atoms with Crippen LogP contribution in [0, 0.1) is 0 Å². The molecule has 0 aliphatic carbocycles.